The number of rotatable bonds is 8. The zero-order valence-electron chi connectivity index (χ0n) is 15.1. The maximum Gasteiger partial charge on any atom is 0.254 e. The summed E-state index contributed by atoms with van der Waals surface area (Å²) in [6.45, 7) is 4.28. The van der Waals surface area contributed by atoms with Crippen molar-refractivity contribution in [3.05, 3.63) is 66.0 Å². The van der Waals surface area contributed by atoms with Gasteiger partial charge in [-0.05, 0) is 29.5 Å². The first kappa shape index (κ1) is 19.6. The molecule has 2 aromatic rings. The normalized spacial score (nSPS) is 13.1. The van der Waals surface area contributed by atoms with E-state index in [1.807, 2.05) is 26.0 Å². The standard InChI is InChI=1S/C20H25N3O3/c1-14(2)11-17(19(25)22-13-15-7-6-10-21-12-15)23-20(26)18(24)16-8-4-3-5-9-16/h3-10,12,14,17-18,24H,11,13H2,1-2H3,(H,22,25)(H,23,26)/t17-,18-/m1/s1. The smallest absolute Gasteiger partial charge is 0.254 e. The molecule has 1 heterocycles. The second kappa shape index (κ2) is 9.68. The molecule has 6 nitrogen and oxygen atoms in total. The minimum atomic E-state index is -1.31. The minimum absolute atomic E-state index is 0.207. The number of hydrogen-bond acceptors (Lipinski definition) is 4. The van der Waals surface area contributed by atoms with Gasteiger partial charge in [0, 0.05) is 18.9 Å². The number of carbonyl (C=O) groups excluding carboxylic acids is 2. The Labute approximate surface area is 153 Å². The van der Waals surface area contributed by atoms with Crippen LogP contribution in [0.2, 0.25) is 0 Å². The highest BCUT2D eigenvalue weighted by Crippen LogP contribution is 2.13. The Bertz CT molecular complexity index is 705. The van der Waals surface area contributed by atoms with Crippen molar-refractivity contribution in [3.8, 4) is 0 Å². The molecule has 0 aliphatic carbocycles. The van der Waals surface area contributed by atoms with Gasteiger partial charge in [-0.25, -0.2) is 0 Å². The lowest BCUT2D eigenvalue weighted by Crippen LogP contribution is -2.48. The molecule has 3 N–H and O–H groups in total. The highest BCUT2D eigenvalue weighted by Gasteiger charge is 2.25. The fourth-order valence-corrected chi connectivity index (χ4v) is 2.56. The molecule has 0 unspecified atom stereocenters. The van der Waals surface area contributed by atoms with Crippen LogP contribution in [0.1, 0.15) is 37.5 Å². The summed E-state index contributed by atoms with van der Waals surface area (Å²) in [5.74, 6) is -0.659. The van der Waals surface area contributed by atoms with E-state index in [2.05, 4.69) is 15.6 Å². The van der Waals surface area contributed by atoms with Gasteiger partial charge in [-0.3, -0.25) is 14.6 Å². The molecule has 26 heavy (non-hydrogen) atoms. The van der Waals surface area contributed by atoms with Crippen LogP contribution in [0.25, 0.3) is 0 Å². The van der Waals surface area contributed by atoms with E-state index in [1.165, 1.54) is 0 Å². The lowest BCUT2D eigenvalue weighted by atomic mass is 10.0. The van der Waals surface area contributed by atoms with Gasteiger partial charge in [0.25, 0.3) is 5.91 Å². The Hall–Kier alpha value is -2.73. The summed E-state index contributed by atoms with van der Waals surface area (Å²) < 4.78 is 0. The van der Waals surface area contributed by atoms with Crippen LogP contribution >= 0.6 is 0 Å². The van der Waals surface area contributed by atoms with E-state index in [4.69, 9.17) is 0 Å². The van der Waals surface area contributed by atoms with Crippen LogP contribution in [0.4, 0.5) is 0 Å². The predicted octanol–water partition coefficient (Wildman–Crippen LogP) is 1.96. The van der Waals surface area contributed by atoms with Crippen molar-refractivity contribution in [2.45, 2.75) is 39.0 Å². The Balaban J connectivity index is 1.99. The predicted molar refractivity (Wildman–Crippen MR) is 98.9 cm³/mol. The molecule has 0 saturated carbocycles. The number of aliphatic hydroxyl groups is 1. The number of hydrogen-bond donors (Lipinski definition) is 3. The first-order valence-electron chi connectivity index (χ1n) is 8.67. The Morgan fingerprint density at radius 2 is 1.81 bits per heavy atom. The number of benzene rings is 1. The topological polar surface area (TPSA) is 91.3 Å². The molecule has 138 valence electrons. The van der Waals surface area contributed by atoms with Crippen molar-refractivity contribution in [1.29, 1.82) is 0 Å². The van der Waals surface area contributed by atoms with Crippen molar-refractivity contribution in [2.24, 2.45) is 5.92 Å². The zero-order valence-corrected chi connectivity index (χ0v) is 15.1. The average Bonchev–Trinajstić information content (AvgIpc) is 2.66. The van der Waals surface area contributed by atoms with Gasteiger partial charge in [0.05, 0.1) is 0 Å². The first-order valence-corrected chi connectivity index (χ1v) is 8.67. The number of aromatic nitrogens is 1. The van der Waals surface area contributed by atoms with Gasteiger partial charge >= 0.3 is 0 Å². The quantitative estimate of drug-likeness (QED) is 0.675. The van der Waals surface area contributed by atoms with Gasteiger partial charge in [-0.2, -0.15) is 0 Å². The van der Waals surface area contributed by atoms with Gasteiger partial charge in [0.2, 0.25) is 5.91 Å². The number of carbonyl (C=O) groups is 2. The molecule has 6 heteroatoms. The molecule has 2 rings (SSSR count). The van der Waals surface area contributed by atoms with Crippen LogP contribution in [0, 0.1) is 5.92 Å². The van der Waals surface area contributed by atoms with E-state index in [0.717, 1.165) is 5.56 Å². The Morgan fingerprint density at radius 1 is 1.08 bits per heavy atom. The summed E-state index contributed by atoms with van der Waals surface area (Å²) in [7, 11) is 0. The largest absolute Gasteiger partial charge is 0.378 e. The maximum atomic E-state index is 12.5. The molecular formula is C20H25N3O3. The molecule has 0 radical (unpaired) electrons. The fourth-order valence-electron chi connectivity index (χ4n) is 2.56. The third-order valence-electron chi connectivity index (χ3n) is 3.89. The summed E-state index contributed by atoms with van der Waals surface area (Å²) >= 11 is 0. The van der Waals surface area contributed by atoms with E-state index in [-0.39, 0.29) is 11.8 Å². The van der Waals surface area contributed by atoms with Crippen molar-refractivity contribution in [1.82, 2.24) is 15.6 Å². The van der Waals surface area contributed by atoms with E-state index < -0.39 is 18.1 Å². The molecule has 2 amide bonds. The number of nitrogens with zero attached hydrogens (tertiary/aromatic N) is 1. The molecule has 0 bridgehead atoms. The van der Waals surface area contributed by atoms with Gasteiger partial charge in [0.1, 0.15) is 6.04 Å². The van der Waals surface area contributed by atoms with Gasteiger partial charge in [-0.15, -0.1) is 0 Å². The summed E-state index contributed by atoms with van der Waals surface area (Å²) in [6, 6.07) is 11.6. The fraction of sp³-hybridized carbons (Fsp3) is 0.350. The minimum Gasteiger partial charge on any atom is -0.378 e. The van der Waals surface area contributed by atoms with Crippen LogP contribution < -0.4 is 10.6 Å². The number of pyridine rings is 1. The highest BCUT2D eigenvalue weighted by molar-refractivity contribution is 5.89. The summed E-state index contributed by atoms with van der Waals surface area (Å²) in [5, 5.41) is 15.7. The SMILES string of the molecule is CC(C)C[C@@H](NC(=O)[C@H](O)c1ccccc1)C(=O)NCc1cccnc1. The highest BCUT2D eigenvalue weighted by atomic mass is 16.3. The molecule has 2 atom stereocenters. The zero-order chi connectivity index (χ0) is 18.9. The molecule has 0 aliphatic rings. The number of amides is 2. The van der Waals surface area contributed by atoms with E-state index >= 15 is 0 Å². The second-order valence-corrected chi connectivity index (χ2v) is 6.58. The van der Waals surface area contributed by atoms with Crippen LogP contribution in [-0.2, 0) is 16.1 Å². The first-order chi connectivity index (χ1) is 12.5. The van der Waals surface area contributed by atoms with Crippen LogP contribution in [0.5, 0.6) is 0 Å². The molecule has 0 saturated heterocycles. The van der Waals surface area contributed by atoms with Gasteiger partial charge < -0.3 is 15.7 Å². The Kier molecular flexibility index (Phi) is 7.29. The third-order valence-corrected chi connectivity index (χ3v) is 3.89. The lowest BCUT2D eigenvalue weighted by molar-refractivity contribution is -0.134. The van der Waals surface area contributed by atoms with Crippen molar-refractivity contribution in [3.63, 3.8) is 0 Å². The Morgan fingerprint density at radius 3 is 2.42 bits per heavy atom. The van der Waals surface area contributed by atoms with Crippen LogP contribution in [0.3, 0.4) is 0 Å². The van der Waals surface area contributed by atoms with Gasteiger partial charge in [0.15, 0.2) is 6.10 Å². The summed E-state index contributed by atoms with van der Waals surface area (Å²) in [6.07, 6.45) is 2.51. The van der Waals surface area contributed by atoms with E-state index in [0.29, 0.717) is 18.5 Å². The van der Waals surface area contributed by atoms with Crippen molar-refractivity contribution in [2.75, 3.05) is 0 Å². The van der Waals surface area contributed by atoms with Gasteiger partial charge in [-0.1, -0.05) is 50.2 Å². The molecular weight excluding hydrogens is 330 g/mol. The van der Waals surface area contributed by atoms with Crippen molar-refractivity contribution >= 4 is 11.8 Å². The number of aliphatic hydroxyl groups excluding tert-OH is 1. The van der Waals surface area contributed by atoms with E-state index in [9.17, 15) is 14.7 Å². The molecule has 1 aromatic heterocycles. The summed E-state index contributed by atoms with van der Waals surface area (Å²) in [4.78, 5) is 28.9. The average molecular weight is 355 g/mol. The van der Waals surface area contributed by atoms with Crippen LogP contribution in [0.15, 0.2) is 54.9 Å². The number of nitrogens with one attached hydrogen (secondary N) is 2. The maximum absolute atomic E-state index is 12.5. The molecule has 0 fully saturated rings. The lowest BCUT2D eigenvalue weighted by Gasteiger charge is -2.22. The van der Waals surface area contributed by atoms with Crippen molar-refractivity contribution < 1.29 is 14.7 Å². The molecule has 0 spiro atoms. The monoisotopic (exact) mass is 355 g/mol. The molecule has 0 aliphatic heterocycles. The third kappa shape index (κ3) is 5.97. The second-order valence-electron chi connectivity index (χ2n) is 6.58. The summed E-state index contributed by atoms with van der Waals surface area (Å²) in [5.41, 5.74) is 1.36. The van der Waals surface area contributed by atoms with Crippen LogP contribution in [-0.4, -0.2) is 27.9 Å². The van der Waals surface area contributed by atoms with E-state index in [1.54, 1.807) is 42.7 Å². The molecule has 1 aromatic carbocycles.